The first-order chi connectivity index (χ1) is 13.0. The normalized spacial score (nSPS) is 16.7. The van der Waals surface area contributed by atoms with Crippen molar-refractivity contribution in [2.24, 2.45) is 0 Å². The quantitative estimate of drug-likeness (QED) is 0.426. The maximum absolute atomic E-state index is 12.7. The van der Waals surface area contributed by atoms with Crippen molar-refractivity contribution in [1.29, 1.82) is 0 Å². The van der Waals surface area contributed by atoms with E-state index in [4.69, 9.17) is 16.3 Å². The van der Waals surface area contributed by atoms with Crippen molar-refractivity contribution < 1.29 is 14.5 Å². The Labute approximate surface area is 162 Å². The van der Waals surface area contributed by atoms with Gasteiger partial charge in [-0.1, -0.05) is 29.8 Å². The van der Waals surface area contributed by atoms with Gasteiger partial charge in [0.05, 0.1) is 18.1 Å². The molecule has 0 bridgehead atoms. The molecular weight excluding hydrogens is 368 g/mol. The van der Waals surface area contributed by atoms with Gasteiger partial charge in [-0.25, -0.2) is 0 Å². The van der Waals surface area contributed by atoms with Crippen LogP contribution >= 0.6 is 11.6 Å². The lowest BCUT2D eigenvalue weighted by Crippen LogP contribution is -2.28. The van der Waals surface area contributed by atoms with Crippen molar-refractivity contribution in [3.05, 3.63) is 74.8 Å². The number of nitrogens with zero attached hydrogens (tertiary/aromatic N) is 2. The molecule has 1 amide bonds. The van der Waals surface area contributed by atoms with Crippen molar-refractivity contribution >= 4 is 29.3 Å². The van der Waals surface area contributed by atoms with Gasteiger partial charge in [-0.3, -0.25) is 14.9 Å². The van der Waals surface area contributed by atoms with Crippen LogP contribution in [0.25, 0.3) is 6.08 Å². The van der Waals surface area contributed by atoms with Gasteiger partial charge < -0.3 is 9.64 Å². The molecule has 6 nitrogen and oxygen atoms in total. The summed E-state index contributed by atoms with van der Waals surface area (Å²) in [6.45, 7) is 0.681. The van der Waals surface area contributed by atoms with Crippen molar-refractivity contribution in [3.8, 4) is 5.75 Å². The highest BCUT2D eigenvalue weighted by Gasteiger charge is 2.28. The molecule has 1 aliphatic rings. The summed E-state index contributed by atoms with van der Waals surface area (Å²) < 4.78 is 5.18. The molecule has 1 heterocycles. The lowest BCUT2D eigenvalue weighted by molar-refractivity contribution is -0.384. The molecule has 1 atom stereocenters. The Morgan fingerprint density at radius 1 is 1.30 bits per heavy atom. The summed E-state index contributed by atoms with van der Waals surface area (Å²) in [5.74, 6) is 0.657. The Balaban J connectivity index is 1.75. The van der Waals surface area contributed by atoms with Crippen molar-refractivity contribution in [3.63, 3.8) is 0 Å². The molecule has 2 aromatic carbocycles. The zero-order valence-electron chi connectivity index (χ0n) is 14.8. The van der Waals surface area contributed by atoms with Crippen LogP contribution in [-0.4, -0.2) is 29.4 Å². The average Bonchev–Trinajstić information content (AvgIpc) is 3.17. The highest BCUT2D eigenvalue weighted by atomic mass is 35.5. The second kappa shape index (κ2) is 8.22. The van der Waals surface area contributed by atoms with Crippen LogP contribution in [-0.2, 0) is 4.79 Å². The SMILES string of the molecule is COc1ccc(C2CCCN2C(=O)C=Cc2ccc(Cl)c([N+](=O)[O-])c2)cc1. The largest absolute Gasteiger partial charge is 0.497 e. The maximum Gasteiger partial charge on any atom is 0.288 e. The molecule has 0 aromatic heterocycles. The molecule has 1 saturated heterocycles. The van der Waals surface area contributed by atoms with E-state index in [1.54, 1.807) is 19.3 Å². The fraction of sp³-hybridized carbons (Fsp3) is 0.250. The van der Waals surface area contributed by atoms with Crippen LogP contribution in [0, 0.1) is 10.1 Å². The number of halogens is 1. The van der Waals surface area contributed by atoms with E-state index in [0.717, 1.165) is 24.2 Å². The van der Waals surface area contributed by atoms with Gasteiger partial charge in [0.2, 0.25) is 5.91 Å². The molecule has 140 valence electrons. The van der Waals surface area contributed by atoms with Gasteiger partial charge in [-0.15, -0.1) is 0 Å². The monoisotopic (exact) mass is 386 g/mol. The molecule has 0 N–H and O–H groups in total. The maximum atomic E-state index is 12.7. The third kappa shape index (κ3) is 4.28. The number of hydrogen-bond donors (Lipinski definition) is 0. The van der Waals surface area contributed by atoms with E-state index in [1.165, 1.54) is 18.2 Å². The van der Waals surface area contributed by atoms with E-state index in [1.807, 2.05) is 29.2 Å². The molecule has 0 aliphatic carbocycles. The zero-order valence-corrected chi connectivity index (χ0v) is 15.6. The number of benzene rings is 2. The summed E-state index contributed by atoms with van der Waals surface area (Å²) in [7, 11) is 1.62. The molecular formula is C20H19ClN2O4. The van der Waals surface area contributed by atoms with Gasteiger partial charge >= 0.3 is 0 Å². The van der Waals surface area contributed by atoms with E-state index in [0.29, 0.717) is 12.1 Å². The van der Waals surface area contributed by atoms with Gasteiger partial charge in [-0.2, -0.15) is 0 Å². The van der Waals surface area contributed by atoms with E-state index in [-0.39, 0.29) is 22.7 Å². The smallest absolute Gasteiger partial charge is 0.288 e. The molecule has 0 spiro atoms. The highest BCUT2D eigenvalue weighted by Crippen LogP contribution is 2.33. The van der Waals surface area contributed by atoms with Crippen LogP contribution in [0.2, 0.25) is 5.02 Å². The second-order valence-corrected chi connectivity index (χ2v) is 6.67. The number of likely N-dealkylation sites (tertiary alicyclic amines) is 1. The van der Waals surface area contributed by atoms with E-state index in [2.05, 4.69) is 0 Å². The molecule has 0 radical (unpaired) electrons. The second-order valence-electron chi connectivity index (χ2n) is 6.26. The molecule has 1 aliphatic heterocycles. The van der Waals surface area contributed by atoms with Gasteiger partial charge in [0.15, 0.2) is 0 Å². The number of rotatable bonds is 5. The first-order valence-corrected chi connectivity index (χ1v) is 8.94. The molecule has 3 rings (SSSR count). The fourth-order valence-corrected chi connectivity index (χ4v) is 3.43. The summed E-state index contributed by atoms with van der Waals surface area (Å²) in [4.78, 5) is 24.9. The van der Waals surface area contributed by atoms with Crippen LogP contribution in [0.1, 0.15) is 30.0 Å². The Morgan fingerprint density at radius 2 is 2.04 bits per heavy atom. The third-order valence-corrected chi connectivity index (χ3v) is 4.94. The summed E-state index contributed by atoms with van der Waals surface area (Å²) in [6, 6.07) is 12.2. The fourth-order valence-electron chi connectivity index (χ4n) is 3.24. The number of amides is 1. The van der Waals surface area contributed by atoms with E-state index in [9.17, 15) is 14.9 Å². The number of carbonyl (C=O) groups is 1. The molecule has 2 aromatic rings. The van der Waals surface area contributed by atoms with Crippen molar-refractivity contribution in [2.75, 3.05) is 13.7 Å². The Morgan fingerprint density at radius 3 is 2.70 bits per heavy atom. The Kier molecular flexibility index (Phi) is 5.76. The van der Waals surface area contributed by atoms with Crippen LogP contribution in [0.4, 0.5) is 5.69 Å². The molecule has 1 fully saturated rings. The first-order valence-electron chi connectivity index (χ1n) is 8.56. The van der Waals surface area contributed by atoms with Gasteiger partial charge in [0, 0.05) is 18.7 Å². The summed E-state index contributed by atoms with van der Waals surface area (Å²) in [5.41, 5.74) is 1.44. The lowest BCUT2D eigenvalue weighted by Gasteiger charge is -2.24. The molecule has 0 saturated carbocycles. The average molecular weight is 387 g/mol. The molecule has 1 unspecified atom stereocenters. The first kappa shape index (κ1) is 18.9. The van der Waals surface area contributed by atoms with E-state index >= 15 is 0 Å². The number of carbonyl (C=O) groups excluding carboxylic acids is 1. The Hall–Kier alpha value is -2.86. The predicted molar refractivity (Wildman–Crippen MR) is 104 cm³/mol. The zero-order chi connectivity index (χ0) is 19.4. The van der Waals surface area contributed by atoms with Gasteiger partial charge in [0.25, 0.3) is 5.69 Å². The van der Waals surface area contributed by atoms with Crippen LogP contribution in [0.3, 0.4) is 0 Å². The van der Waals surface area contributed by atoms with Crippen molar-refractivity contribution in [2.45, 2.75) is 18.9 Å². The molecule has 27 heavy (non-hydrogen) atoms. The van der Waals surface area contributed by atoms with Crippen LogP contribution in [0.15, 0.2) is 48.5 Å². The van der Waals surface area contributed by atoms with Gasteiger partial charge in [0.1, 0.15) is 10.8 Å². The minimum atomic E-state index is -0.540. The van der Waals surface area contributed by atoms with Gasteiger partial charge in [-0.05, 0) is 48.2 Å². The predicted octanol–water partition coefficient (Wildman–Crippen LogP) is 4.63. The number of nitro benzene ring substituents is 1. The van der Waals surface area contributed by atoms with E-state index < -0.39 is 4.92 Å². The van der Waals surface area contributed by atoms with Crippen molar-refractivity contribution in [1.82, 2.24) is 4.90 Å². The summed E-state index contributed by atoms with van der Waals surface area (Å²) in [6.07, 6.45) is 4.87. The minimum absolute atomic E-state index is 0.0209. The molecule has 7 heteroatoms. The lowest BCUT2D eigenvalue weighted by atomic mass is 10.0. The number of hydrogen-bond acceptors (Lipinski definition) is 4. The van der Waals surface area contributed by atoms with Crippen LogP contribution < -0.4 is 4.74 Å². The third-order valence-electron chi connectivity index (χ3n) is 4.62. The number of nitro groups is 1. The number of methoxy groups -OCH3 is 1. The standard InChI is InChI=1S/C20H19ClN2O4/c1-27-16-8-6-15(7-9-16)18-3-2-12-22(18)20(24)11-5-14-4-10-17(21)19(13-14)23(25)26/h4-11,13,18H,2-3,12H2,1H3. The minimum Gasteiger partial charge on any atom is -0.497 e. The number of ether oxygens (including phenoxy) is 1. The highest BCUT2D eigenvalue weighted by molar-refractivity contribution is 6.32. The Bertz CT molecular complexity index is 880. The topological polar surface area (TPSA) is 72.7 Å². The summed E-state index contributed by atoms with van der Waals surface area (Å²) >= 11 is 5.82. The summed E-state index contributed by atoms with van der Waals surface area (Å²) in [5, 5.41) is 11.1. The van der Waals surface area contributed by atoms with Crippen LogP contribution in [0.5, 0.6) is 5.75 Å².